The number of methoxy groups -OCH3 is 1. The highest BCUT2D eigenvalue weighted by Gasteiger charge is 2.30. The van der Waals surface area contributed by atoms with Gasteiger partial charge in [-0.1, -0.05) is 41.6 Å². The summed E-state index contributed by atoms with van der Waals surface area (Å²) >= 11 is 1.12. The molecule has 3 rings (SSSR count). The second kappa shape index (κ2) is 10.2. The van der Waals surface area contributed by atoms with Crippen LogP contribution >= 0.6 is 11.8 Å². The van der Waals surface area contributed by atoms with Gasteiger partial charge in [-0.25, -0.2) is 4.79 Å². The van der Waals surface area contributed by atoms with Crippen molar-refractivity contribution in [3.63, 3.8) is 0 Å². The van der Waals surface area contributed by atoms with Gasteiger partial charge in [0, 0.05) is 18.0 Å². The molecule has 2 aromatic rings. The van der Waals surface area contributed by atoms with Gasteiger partial charge in [0.2, 0.25) is 11.8 Å². The van der Waals surface area contributed by atoms with Gasteiger partial charge in [0.1, 0.15) is 0 Å². The molecule has 8 heteroatoms. The average molecular weight is 450 g/mol. The van der Waals surface area contributed by atoms with Crippen molar-refractivity contribution in [1.29, 1.82) is 5.26 Å². The Morgan fingerprint density at radius 2 is 1.94 bits per heavy atom. The number of nitriles is 1. The molecule has 0 fully saturated rings. The van der Waals surface area contributed by atoms with E-state index in [0.29, 0.717) is 16.2 Å². The van der Waals surface area contributed by atoms with E-state index in [9.17, 15) is 19.6 Å². The van der Waals surface area contributed by atoms with Gasteiger partial charge in [-0.05, 0) is 43.2 Å². The number of aryl methyl sites for hydroxylation is 2. The zero-order valence-corrected chi connectivity index (χ0v) is 18.8. The Balaban J connectivity index is 1.76. The molecular formula is C24H23N3O4S. The van der Waals surface area contributed by atoms with Crippen molar-refractivity contribution in [1.82, 2.24) is 5.32 Å². The third kappa shape index (κ3) is 5.37. The van der Waals surface area contributed by atoms with Crippen LogP contribution in [0.15, 0.2) is 53.1 Å². The summed E-state index contributed by atoms with van der Waals surface area (Å²) < 4.78 is 4.70. The predicted octanol–water partition coefficient (Wildman–Crippen LogP) is 3.80. The number of nitrogens with zero attached hydrogens (tertiary/aromatic N) is 1. The second-order valence-electron chi connectivity index (χ2n) is 7.43. The lowest BCUT2D eigenvalue weighted by Gasteiger charge is -2.25. The molecule has 0 radical (unpaired) electrons. The number of nitrogens with one attached hydrogen (secondary N) is 2. The second-order valence-corrected chi connectivity index (χ2v) is 8.41. The smallest absolute Gasteiger partial charge is 0.337 e. The van der Waals surface area contributed by atoms with Crippen molar-refractivity contribution in [3.8, 4) is 6.07 Å². The standard InChI is InChI=1S/C24H23N3O4S/c1-14-4-9-20(15(2)10-14)26-22(29)13-32-23-19(12-25)18(11-21(28)27-23)16-5-7-17(8-6-16)24(30)31-3/h4-10,18H,11,13H2,1-3H3,(H,26,29)(H,27,28)/t18-/m1/s1. The number of thioether (sulfide) groups is 1. The molecule has 1 atom stereocenters. The summed E-state index contributed by atoms with van der Waals surface area (Å²) in [5, 5.41) is 15.7. The first-order valence-electron chi connectivity index (χ1n) is 9.94. The van der Waals surface area contributed by atoms with E-state index in [0.717, 1.165) is 34.1 Å². The third-order valence-corrected chi connectivity index (χ3v) is 6.11. The van der Waals surface area contributed by atoms with E-state index in [1.54, 1.807) is 24.3 Å². The average Bonchev–Trinajstić information content (AvgIpc) is 2.78. The summed E-state index contributed by atoms with van der Waals surface area (Å²) in [6, 6.07) is 14.6. The van der Waals surface area contributed by atoms with E-state index >= 15 is 0 Å². The van der Waals surface area contributed by atoms with Crippen LogP contribution in [0.5, 0.6) is 0 Å². The first kappa shape index (κ1) is 23.1. The molecule has 2 amide bonds. The van der Waals surface area contributed by atoms with Gasteiger partial charge in [-0.3, -0.25) is 9.59 Å². The van der Waals surface area contributed by atoms with E-state index in [2.05, 4.69) is 16.7 Å². The summed E-state index contributed by atoms with van der Waals surface area (Å²) in [6.07, 6.45) is 0.110. The van der Waals surface area contributed by atoms with Crippen molar-refractivity contribution in [2.45, 2.75) is 26.2 Å². The summed E-state index contributed by atoms with van der Waals surface area (Å²) in [5.41, 5.74) is 4.31. The third-order valence-electron chi connectivity index (χ3n) is 5.09. The van der Waals surface area contributed by atoms with Crippen LogP contribution in [0.3, 0.4) is 0 Å². The molecule has 0 aromatic heterocycles. The number of rotatable bonds is 6. The topological polar surface area (TPSA) is 108 Å². The van der Waals surface area contributed by atoms with Crippen molar-refractivity contribution in [2.24, 2.45) is 0 Å². The lowest BCUT2D eigenvalue weighted by atomic mass is 9.87. The molecule has 0 unspecified atom stereocenters. The minimum absolute atomic E-state index is 0.0438. The summed E-state index contributed by atoms with van der Waals surface area (Å²) in [5.74, 6) is -1.33. The SMILES string of the molecule is COC(=O)c1ccc([C@H]2CC(=O)NC(SCC(=O)Nc3ccc(C)cc3C)=C2C#N)cc1. The number of carbonyl (C=O) groups excluding carboxylic acids is 3. The minimum atomic E-state index is -0.458. The van der Waals surface area contributed by atoms with Gasteiger partial charge in [0.05, 0.1) is 35.1 Å². The number of amides is 2. The predicted molar refractivity (Wildman–Crippen MR) is 123 cm³/mol. The van der Waals surface area contributed by atoms with Gasteiger partial charge in [0.15, 0.2) is 0 Å². The van der Waals surface area contributed by atoms with Crippen LogP contribution in [0.4, 0.5) is 5.69 Å². The van der Waals surface area contributed by atoms with Crippen LogP contribution in [0.25, 0.3) is 0 Å². The van der Waals surface area contributed by atoms with E-state index in [1.165, 1.54) is 7.11 Å². The Morgan fingerprint density at radius 3 is 2.56 bits per heavy atom. The summed E-state index contributed by atoms with van der Waals surface area (Å²) in [6.45, 7) is 3.90. The van der Waals surface area contributed by atoms with E-state index in [-0.39, 0.29) is 24.0 Å². The molecule has 1 heterocycles. The molecule has 7 nitrogen and oxygen atoms in total. The Labute approximate surface area is 190 Å². The number of hydrogen-bond donors (Lipinski definition) is 2. The molecule has 2 N–H and O–H groups in total. The Hall–Kier alpha value is -3.57. The Kier molecular flexibility index (Phi) is 7.33. The first-order chi connectivity index (χ1) is 15.3. The monoisotopic (exact) mass is 449 g/mol. The summed E-state index contributed by atoms with van der Waals surface area (Å²) in [4.78, 5) is 36.4. The van der Waals surface area contributed by atoms with Crippen LogP contribution in [-0.4, -0.2) is 30.6 Å². The molecule has 32 heavy (non-hydrogen) atoms. The lowest BCUT2D eigenvalue weighted by Crippen LogP contribution is -2.31. The fourth-order valence-electron chi connectivity index (χ4n) is 3.46. The highest BCUT2D eigenvalue weighted by molar-refractivity contribution is 8.03. The van der Waals surface area contributed by atoms with Gasteiger partial charge < -0.3 is 15.4 Å². The Morgan fingerprint density at radius 1 is 1.22 bits per heavy atom. The van der Waals surface area contributed by atoms with Gasteiger partial charge in [-0.15, -0.1) is 0 Å². The number of carbonyl (C=O) groups is 3. The largest absolute Gasteiger partial charge is 0.465 e. The molecule has 1 aliphatic heterocycles. The van der Waals surface area contributed by atoms with Crippen molar-refractivity contribution in [3.05, 3.63) is 75.3 Å². The number of ether oxygens (including phenoxy) is 1. The van der Waals surface area contributed by atoms with E-state index in [4.69, 9.17) is 4.74 Å². The maximum absolute atomic E-state index is 12.5. The van der Waals surface area contributed by atoms with Crippen LogP contribution < -0.4 is 10.6 Å². The van der Waals surface area contributed by atoms with Crippen LogP contribution in [-0.2, 0) is 14.3 Å². The molecular weight excluding hydrogens is 426 g/mol. The zero-order valence-electron chi connectivity index (χ0n) is 18.0. The van der Waals surface area contributed by atoms with E-state index < -0.39 is 11.9 Å². The summed E-state index contributed by atoms with van der Waals surface area (Å²) in [7, 11) is 1.30. The molecule has 0 saturated carbocycles. The maximum atomic E-state index is 12.5. The van der Waals surface area contributed by atoms with Crippen LogP contribution in [0, 0.1) is 25.2 Å². The van der Waals surface area contributed by atoms with Crippen LogP contribution in [0.1, 0.15) is 39.4 Å². The molecule has 0 saturated heterocycles. The molecule has 2 aromatic carbocycles. The Bertz CT molecular complexity index is 1130. The molecule has 0 bridgehead atoms. The number of esters is 1. The minimum Gasteiger partial charge on any atom is -0.465 e. The molecule has 0 spiro atoms. The van der Waals surface area contributed by atoms with Crippen molar-refractivity contribution < 1.29 is 19.1 Å². The van der Waals surface area contributed by atoms with Gasteiger partial charge >= 0.3 is 5.97 Å². The quantitative estimate of drug-likeness (QED) is 0.650. The van der Waals surface area contributed by atoms with Crippen molar-refractivity contribution >= 4 is 35.2 Å². The van der Waals surface area contributed by atoms with Gasteiger partial charge in [0.25, 0.3) is 0 Å². The molecule has 1 aliphatic rings. The fourth-order valence-corrected chi connectivity index (χ4v) is 4.34. The highest BCUT2D eigenvalue weighted by atomic mass is 32.2. The highest BCUT2D eigenvalue weighted by Crippen LogP contribution is 2.36. The van der Waals surface area contributed by atoms with Gasteiger partial charge in [-0.2, -0.15) is 5.26 Å². The number of allylic oxidation sites excluding steroid dienone is 1. The molecule has 0 aliphatic carbocycles. The van der Waals surface area contributed by atoms with Crippen molar-refractivity contribution in [2.75, 3.05) is 18.2 Å². The first-order valence-corrected chi connectivity index (χ1v) is 10.9. The molecule has 164 valence electrons. The van der Waals surface area contributed by atoms with E-state index in [1.807, 2.05) is 32.0 Å². The van der Waals surface area contributed by atoms with Crippen LogP contribution in [0.2, 0.25) is 0 Å². The normalized spacial score (nSPS) is 15.6. The number of hydrogen-bond acceptors (Lipinski definition) is 6. The number of anilines is 1. The number of benzene rings is 2. The fraction of sp³-hybridized carbons (Fsp3) is 0.250. The maximum Gasteiger partial charge on any atom is 0.337 e. The zero-order chi connectivity index (χ0) is 23.3. The lowest BCUT2D eigenvalue weighted by molar-refractivity contribution is -0.121.